The Kier molecular flexibility index (Phi) is 5.30. The molecule has 0 bridgehead atoms. The topological polar surface area (TPSA) is 76.1 Å². The quantitative estimate of drug-likeness (QED) is 0.872. The van der Waals surface area contributed by atoms with Crippen LogP contribution in [-0.2, 0) is 14.6 Å². The van der Waals surface area contributed by atoms with Gasteiger partial charge in [0.05, 0.1) is 11.9 Å². The molecule has 1 aliphatic rings. The average Bonchev–Trinajstić information content (AvgIpc) is 2.95. The molecule has 1 N–H and O–H groups in total. The fourth-order valence-electron chi connectivity index (χ4n) is 1.85. The minimum Gasteiger partial charge on any atom is -0.298 e. The standard InChI is InChI=1S/C14H18N2O3S2/c1-2-3-9-21(18,19)12-10-15-14(20-12)16-13(17)11-7-5-4-6-8-11/h5,7-8,10H,2-4,6,9H2,1H3,(H,15,16,17). The third-order valence-electron chi connectivity index (χ3n) is 3.04. The molecule has 0 saturated carbocycles. The highest BCUT2D eigenvalue weighted by molar-refractivity contribution is 7.93. The molecule has 0 spiro atoms. The summed E-state index contributed by atoms with van der Waals surface area (Å²) in [5, 5.41) is 2.96. The van der Waals surface area contributed by atoms with Crippen molar-refractivity contribution in [3.05, 3.63) is 30.0 Å². The summed E-state index contributed by atoms with van der Waals surface area (Å²) in [6, 6.07) is 0. The van der Waals surface area contributed by atoms with Crippen LogP contribution in [0.15, 0.2) is 34.2 Å². The number of anilines is 1. The van der Waals surface area contributed by atoms with Crippen LogP contribution in [0, 0.1) is 0 Å². The number of amides is 1. The lowest BCUT2D eigenvalue weighted by atomic mass is 10.1. The van der Waals surface area contributed by atoms with Crippen LogP contribution in [0.1, 0.15) is 32.6 Å². The maximum Gasteiger partial charge on any atom is 0.257 e. The predicted octanol–water partition coefficient (Wildman–Crippen LogP) is 2.93. The van der Waals surface area contributed by atoms with Gasteiger partial charge in [-0.1, -0.05) is 42.9 Å². The molecule has 114 valence electrons. The summed E-state index contributed by atoms with van der Waals surface area (Å²) in [5.41, 5.74) is 0.590. The molecule has 21 heavy (non-hydrogen) atoms. The lowest BCUT2D eigenvalue weighted by Crippen LogP contribution is -2.13. The minimum atomic E-state index is -3.29. The van der Waals surface area contributed by atoms with Crippen LogP contribution >= 0.6 is 11.3 Å². The molecule has 2 rings (SSSR count). The van der Waals surface area contributed by atoms with E-state index in [1.165, 1.54) is 6.20 Å². The second-order valence-electron chi connectivity index (χ2n) is 4.75. The van der Waals surface area contributed by atoms with E-state index < -0.39 is 9.84 Å². The van der Waals surface area contributed by atoms with E-state index in [0.29, 0.717) is 17.1 Å². The van der Waals surface area contributed by atoms with E-state index in [9.17, 15) is 13.2 Å². The SMILES string of the molecule is CCCCS(=O)(=O)c1cnc(NC(=O)C2=CCCC=C2)s1. The van der Waals surface area contributed by atoms with Crippen molar-refractivity contribution in [2.45, 2.75) is 36.8 Å². The summed E-state index contributed by atoms with van der Waals surface area (Å²) in [5.74, 6) is -0.134. The summed E-state index contributed by atoms with van der Waals surface area (Å²) >= 11 is 1.00. The van der Waals surface area contributed by atoms with Gasteiger partial charge < -0.3 is 0 Å². The molecule has 0 aromatic carbocycles. The van der Waals surface area contributed by atoms with Crippen LogP contribution in [0.25, 0.3) is 0 Å². The van der Waals surface area contributed by atoms with Crippen LogP contribution in [-0.4, -0.2) is 25.1 Å². The van der Waals surface area contributed by atoms with Crippen molar-refractivity contribution in [1.29, 1.82) is 0 Å². The van der Waals surface area contributed by atoms with Crippen molar-refractivity contribution < 1.29 is 13.2 Å². The van der Waals surface area contributed by atoms with E-state index in [4.69, 9.17) is 0 Å². The second kappa shape index (κ2) is 7.00. The zero-order chi connectivity index (χ0) is 15.3. The number of aromatic nitrogens is 1. The Bertz CT molecular complexity index is 672. The van der Waals surface area contributed by atoms with Gasteiger partial charge in [0.1, 0.15) is 4.21 Å². The molecule has 0 aliphatic heterocycles. The number of carbonyl (C=O) groups excluding carboxylic acids is 1. The number of thiazole rings is 1. The zero-order valence-electron chi connectivity index (χ0n) is 11.8. The van der Waals surface area contributed by atoms with E-state index in [2.05, 4.69) is 10.3 Å². The lowest BCUT2D eigenvalue weighted by Gasteiger charge is -2.05. The maximum atomic E-state index is 12.0. The molecule has 7 heteroatoms. The normalized spacial score (nSPS) is 14.8. The number of rotatable bonds is 6. The summed E-state index contributed by atoms with van der Waals surface area (Å²) in [7, 11) is -3.29. The van der Waals surface area contributed by atoms with Gasteiger partial charge in [-0.05, 0) is 19.3 Å². The summed E-state index contributed by atoms with van der Waals surface area (Å²) in [6.07, 6.45) is 10.1. The van der Waals surface area contributed by atoms with Crippen molar-refractivity contribution >= 4 is 32.2 Å². The second-order valence-corrected chi connectivity index (χ2v) is 8.12. The molecule has 1 aromatic heterocycles. The van der Waals surface area contributed by atoms with Gasteiger partial charge in [-0.25, -0.2) is 13.4 Å². The Morgan fingerprint density at radius 3 is 2.90 bits per heavy atom. The fourth-order valence-corrected chi connectivity index (χ4v) is 4.47. The van der Waals surface area contributed by atoms with Crippen LogP contribution in [0.5, 0.6) is 0 Å². The van der Waals surface area contributed by atoms with Gasteiger partial charge in [0.15, 0.2) is 15.0 Å². The van der Waals surface area contributed by atoms with E-state index >= 15 is 0 Å². The van der Waals surface area contributed by atoms with Gasteiger partial charge in [0.2, 0.25) is 0 Å². The molecule has 0 fully saturated rings. The van der Waals surface area contributed by atoms with E-state index in [1.54, 1.807) is 6.08 Å². The molecule has 5 nitrogen and oxygen atoms in total. The van der Waals surface area contributed by atoms with Crippen molar-refractivity contribution in [2.75, 3.05) is 11.1 Å². The van der Waals surface area contributed by atoms with E-state index in [1.807, 2.05) is 19.1 Å². The Morgan fingerprint density at radius 1 is 1.43 bits per heavy atom. The van der Waals surface area contributed by atoms with Gasteiger partial charge in [0, 0.05) is 5.57 Å². The number of nitrogens with zero attached hydrogens (tertiary/aromatic N) is 1. The highest BCUT2D eigenvalue weighted by Gasteiger charge is 2.19. The number of nitrogens with one attached hydrogen (secondary N) is 1. The molecule has 0 radical (unpaired) electrons. The largest absolute Gasteiger partial charge is 0.298 e. The van der Waals surface area contributed by atoms with Crippen LogP contribution < -0.4 is 5.32 Å². The zero-order valence-corrected chi connectivity index (χ0v) is 13.5. The highest BCUT2D eigenvalue weighted by atomic mass is 32.2. The number of sulfone groups is 1. The van der Waals surface area contributed by atoms with Crippen molar-refractivity contribution in [3.63, 3.8) is 0 Å². The smallest absolute Gasteiger partial charge is 0.257 e. The molecule has 1 amide bonds. The molecule has 1 aromatic rings. The molecular formula is C14H18N2O3S2. The van der Waals surface area contributed by atoms with Crippen molar-refractivity contribution in [1.82, 2.24) is 4.98 Å². The van der Waals surface area contributed by atoms with E-state index in [0.717, 1.165) is 30.6 Å². The van der Waals surface area contributed by atoms with E-state index in [-0.39, 0.29) is 15.9 Å². The Balaban J connectivity index is 2.05. The number of allylic oxidation sites excluding steroid dienone is 2. The van der Waals surface area contributed by atoms with Gasteiger partial charge >= 0.3 is 0 Å². The van der Waals surface area contributed by atoms with Gasteiger partial charge in [-0.15, -0.1) is 0 Å². The highest BCUT2D eigenvalue weighted by Crippen LogP contribution is 2.25. The van der Waals surface area contributed by atoms with Crippen molar-refractivity contribution in [3.8, 4) is 0 Å². The van der Waals surface area contributed by atoms with Crippen LogP contribution in [0.3, 0.4) is 0 Å². The Labute approximate surface area is 128 Å². The summed E-state index contributed by atoms with van der Waals surface area (Å²) in [6.45, 7) is 1.94. The molecule has 0 saturated heterocycles. The first-order valence-corrected chi connectivity index (χ1v) is 9.36. The molecule has 0 atom stereocenters. The average molecular weight is 326 g/mol. The lowest BCUT2D eigenvalue weighted by molar-refractivity contribution is -0.112. The molecule has 0 unspecified atom stereocenters. The fraction of sp³-hybridized carbons (Fsp3) is 0.429. The number of unbranched alkanes of at least 4 members (excludes halogenated alkanes) is 1. The first-order valence-electron chi connectivity index (χ1n) is 6.89. The first-order chi connectivity index (χ1) is 10.0. The van der Waals surface area contributed by atoms with Gasteiger partial charge in [-0.2, -0.15) is 0 Å². The summed E-state index contributed by atoms with van der Waals surface area (Å²) < 4.78 is 24.3. The third-order valence-corrected chi connectivity index (χ3v) is 6.30. The monoisotopic (exact) mass is 326 g/mol. The number of hydrogen-bond acceptors (Lipinski definition) is 5. The molecule has 1 aliphatic carbocycles. The number of hydrogen-bond donors (Lipinski definition) is 1. The van der Waals surface area contributed by atoms with Crippen molar-refractivity contribution in [2.24, 2.45) is 0 Å². The molecular weight excluding hydrogens is 308 g/mol. The third kappa shape index (κ3) is 4.25. The number of carbonyl (C=O) groups is 1. The van der Waals surface area contributed by atoms with Gasteiger partial charge in [0.25, 0.3) is 5.91 Å². The Hall–Kier alpha value is -1.47. The Morgan fingerprint density at radius 2 is 2.24 bits per heavy atom. The van der Waals surface area contributed by atoms with Gasteiger partial charge in [-0.3, -0.25) is 10.1 Å². The minimum absolute atomic E-state index is 0.118. The molecule has 1 heterocycles. The summed E-state index contributed by atoms with van der Waals surface area (Å²) in [4.78, 5) is 16.0. The first kappa shape index (κ1) is 15.9. The predicted molar refractivity (Wildman–Crippen MR) is 84.2 cm³/mol. The van der Waals surface area contributed by atoms with Crippen LogP contribution in [0.4, 0.5) is 5.13 Å². The van der Waals surface area contributed by atoms with Crippen LogP contribution in [0.2, 0.25) is 0 Å². The maximum absolute atomic E-state index is 12.0.